The Bertz CT molecular complexity index is 5080. The van der Waals surface area contributed by atoms with Gasteiger partial charge in [-0.1, -0.05) is 127 Å². The average Bonchev–Trinajstić information content (AvgIpc) is 0.734. The molecule has 0 saturated heterocycles. The van der Waals surface area contributed by atoms with Gasteiger partial charge in [-0.05, 0) is 306 Å². The number of nitrogens with one attached hydrogen (secondary N) is 1. The Balaban J connectivity index is 0.000000170. The minimum Gasteiger partial charge on any atom is -0.457 e. The summed E-state index contributed by atoms with van der Waals surface area (Å²) < 4.78 is 42.3. The second kappa shape index (κ2) is 39.8. The molecule has 0 saturated carbocycles. The van der Waals surface area contributed by atoms with Gasteiger partial charge in [-0.25, -0.2) is 0 Å². The molecule has 0 aliphatic rings. The van der Waals surface area contributed by atoms with Crippen LogP contribution in [0.1, 0.15) is 60.4 Å². The first kappa shape index (κ1) is 85.2. The molecule has 0 radical (unpaired) electrons. The quantitative estimate of drug-likeness (QED) is 0.0325. The van der Waals surface area contributed by atoms with Crippen LogP contribution in [-0.2, 0) is 12.6 Å². The Morgan fingerprint density at radius 1 is 0.325 bits per heavy atom. The molecule has 0 aliphatic carbocycles. The van der Waals surface area contributed by atoms with Crippen LogP contribution in [0.3, 0.4) is 0 Å². The molecule has 0 unspecified atom stereocenters. The maximum atomic E-state index is 12.2. The van der Waals surface area contributed by atoms with E-state index in [1.54, 1.807) is 79.7 Å². The number of carbonyl (C=O) groups is 1. The van der Waals surface area contributed by atoms with Gasteiger partial charge in [0.25, 0.3) is 5.91 Å². The molecule has 0 spiro atoms. The molecular weight excluding hydrogens is 1440 g/mol. The van der Waals surface area contributed by atoms with E-state index < -0.39 is 19.8 Å². The fraction of sp³-hybridized carbons (Fsp3) is 0.0860. The van der Waals surface area contributed by atoms with Crippen molar-refractivity contribution in [2.45, 2.75) is 54.1 Å². The highest BCUT2D eigenvalue weighted by atomic mass is 28.3. The van der Waals surface area contributed by atoms with E-state index in [0.717, 1.165) is 109 Å². The van der Waals surface area contributed by atoms with Gasteiger partial charge in [0.1, 0.15) is 11.5 Å². The van der Waals surface area contributed by atoms with Gasteiger partial charge in [0, 0.05) is 90.9 Å². The fourth-order valence-corrected chi connectivity index (χ4v) is 16.6. The van der Waals surface area contributed by atoms with Crippen molar-refractivity contribution in [3.8, 4) is 22.6 Å². The van der Waals surface area contributed by atoms with Crippen LogP contribution in [0, 0.1) is 41.5 Å². The Hall–Kier alpha value is -14.4. The van der Waals surface area contributed by atoms with E-state index in [0.29, 0.717) is 28.2 Å². The van der Waals surface area contributed by atoms with E-state index in [2.05, 4.69) is 102 Å². The van der Waals surface area contributed by atoms with Gasteiger partial charge in [0.15, 0.2) is 8.07 Å². The number of carbonyl (C=O) groups excluding carboxylic acids is 1. The summed E-state index contributed by atoms with van der Waals surface area (Å²) in [4.78, 5) is 11.8. The largest absolute Gasteiger partial charge is 0.457 e. The molecule has 0 aliphatic heterocycles. The van der Waals surface area contributed by atoms with Gasteiger partial charge in [-0.3, -0.25) is 4.79 Å². The molecule has 1 amide bonds. The third-order valence-electron chi connectivity index (χ3n) is 18.5. The third-order valence-corrected chi connectivity index (χ3v) is 23.3. The highest BCUT2D eigenvalue weighted by molar-refractivity contribution is 7.19. The number of hydrogen-bond donors (Lipinski definition) is 15. The fourth-order valence-electron chi connectivity index (χ4n) is 11.9. The van der Waals surface area contributed by atoms with Crippen molar-refractivity contribution in [1.82, 2.24) is 0 Å². The van der Waals surface area contributed by atoms with Crippen molar-refractivity contribution in [3.63, 3.8) is 0 Å². The molecule has 0 bridgehead atoms. The maximum Gasteiger partial charge on any atom is 0.418 e. The Morgan fingerprint density at radius 3 is 0.991 bits per heavy atom. The van der Waals surface area contributed by atoms with E-state index in [9.17, 15) is 18.0 Å². The monoisotopic (exact) mass is 1540 g/mol. The van der Waals surface area contributed by atoms with E-state index in [1.165, 1.54) is 49.1 Å². The first-order valence-electron chi connectivity index (χ1n) is 36.3. The summed E-state index contributed by atoms with van der Waals surface area (Å²) in [5, 5.41) is 8.06. The summed E-state index contributed by atoms with van der Waals surface area (Å²) in [5.41, 5.74) is 99.4. The van der Waals surface area contributed by atoms with E-state index in [4.69, 9.17) is 85.0 Å². The Kier molecular flexibility index (Phi) is 29.7. The lowest BCUT2D eigenvalue weighted by atomic mass is 10.0. The summed E-state index contributed by atoms with van der Waals surface area (Å²) in [5.74, 6) is 1.35. The first-order valence-corrected chi connectivity index (χ1v) is 38.3. The number of ether oxygens (including phenoxy) is 1. The molecular formula is C93H100F3N15O2Si. The minimum absolute atomic E-state index is 0.0986. The first-order chi connectivity index (χ1) is 54.3. The zero-order valence-electron chi connectivity index (χ0n) is 64.7. The lowest BCUT2D eigenvalue weighted by Gasteiger charge is -2.34. The molecule has 0 atom stereocenters. The minimum atomic E-state index is -4.44. The van der Waals surface area contributed by atoms with Crippen molar-refractivity contribution in [1.29, 1.82) is 0 Å². The number of amides is 1. The molecule has 14 aromatic rings. The van der Waals surface area contributed by atoms with Crippen molar-refractivity contribution in [3.05, 3.63) is 365 Å². The number of benzene rings is 14. The van der Waals surface area contributed by atoms with Crippen LogP contribution >= 0.6 is 0 Å². The number of nitrogens with two attached hydrogens (primary N) is 14. The van der Waals surface area contributed by atoms with Crippen LogP contribution in [-0.4, -0.2) is 14.0 Å². The smallest absolute Gasteiger partial charge is 0.418 e. The highest BCUT2D eigenvalue weighted by Gasteiger charge is 2.41. The number of anilines is 15. The third kappa shape index (κ3) is 24.3. The van der Waals surface area contributed by atoms with Crippen LogP contribution < -0.4 is 111 Å². The van der Waals surface area contributed by atoms with Gasteiger partial charge in [-0.15, -0.1) is 0 Å². The van der Waals surface area contributed by atoms with Crippen molar-refractivity contribution >= 4 is 120 Å². The number of alkyl halides is 3. The predicted molar refractivity (Wildman–Crippen MR) is 480 cm³/mol. The molecule has 584 valence electrons. The number of halogens is 3. The normalized spacial score (nSPS) is 10.5. The predicted octanol–water partition coefficient (Wildman–Crippen LogP) is 16.5. The lowest BCUT2D eigenvalue weighted by molar-refractivity contribution is -0.136. The average molecular weight is 1550 g/mol. The Morgan fingerprint density at radius 2 is 0.640 bits per heavy atom. The van der Waals surface area contributed by atoms with Gasteiger partial charge in [-0.2, -0.15) is 13.2 Å². The molecule has 0 fully saturated rings. The number of nitrogen functional groups attached to an aromatic ring is 14. The van der Waals surface area contributed by atoms with E-state index in [1.807, 2.05) is 162 Å². The second-order valence-electron chi connectivity index (χ2n) is 27.2. The van der Waals surface area contributed by atoms with Crippen molar-refractivity contribution in [2.24, 2.45) is 0 Å². The lowest BCUT2D eigenvalue weighted by Crippen LogP contribution is -2.74. The second-order valence-corrected chi connectivity index (χ2v) is 31.0. The van der Waals surface area contributed by atoms with Gasteiger partial charge < -0.3 is 90.3 Å². The van der Waals surface area contributed by atoms with Gasteiger partial charge in [0.2, 0.25) is 0 Å². The summed E-state index contributed by atoms with van der Waals surface area (Å²) in [6.45, 7) is 11.6. The Labute approximate surface area is 666 Å². The van der Waals surface area contributed by atoms with Crippen LogP contribution in [0.4, 0.5) is 98.5 Å². The SMILES string of the molecule is Cc1cc(-c2ccc(N)c(C)c2)ccc1N.Cc1cc(C)c(N)c(C)c1N.Cc1cc(N)c(C(F)(F)F)cc1N.Nc1ccc(Cc2ccc(N)cc2)cc1.Nc1ccc(NC(=O)c2ccc(N)cc2)cc1.Nc1ccc(Oc2ccc(N)cc2)cc1.Nc1ccc([Si](c2ccccc2)(c2ccccc2)c2ccc(N)cc2)cc1. The zero-order chi connectivity index (χ0) is 82.8. The molecule has 14 rings (SSSR count). The number of hydrogen-bond acceptors (Lipinski definition) is 16. The van der Waals surface area contributed by atoms with E-state index >= 15 is 0 Å². The number of rotatable bonds is 11. The summed E-state index contributed by atoms with van der Waals surface area (Å²) >= 11 is 0. The standard InChI is InChI=1S/C24H22N2Si.C14H16N2.C13H13N3O.C13H14N2.C12H12N2O.C9H14N2.C8H9F3N2/c25-19-11-15-23(16-12-19)27(21-7-3-1-4-8-21,22-9-5-2-6-10-22)24-17-13-20(26)14-18-24;1-9-7-11(3-5-13(9)15)12-4-6-14(16)10(2)8-12;14-10-3-1-9(2-4-10)13(17)16-12-7-5-11(15)6-8-12;14-12-5-1-10(2-6-12)9-11-3-7-13(15)8-4-11;13-9-1-5-11(6-2-9)15-12-7-3-10(14)4-8-12;1-5-4-6(2)9(11)7(3)8(5)10;1-4-2-7(13)5(3-6(4)12)8(9,10)11/h1-18H,25-26H2;3-8H,15-16H2,1-2H3;1-8H,14-15H2,(H,16,17);1-8H,9,14-15H2;1-8H,13-14H2;4H,10-11H2,1-3H3;2-3H,12-13H2,1H3. The van der Waals surface area contributed by atoms with Crippen molar-refractivity contribution < 1.29 is 22.7 Å². The molecule has 21 heteroatoms. The molecule has 0 aromatic heterocycles. The van der Waals surface area contributed by atoms with Gasteiger partial charge >= 0.3 is 6.18 Å². The van der Waals surface area contributed by atoms with Crippen LogP contribution in [0.2, 0.25) is 0 Å². The molecule has 114 heavy (non-hydrogen) atoms. The van der Waals surface area contributed by atoms with Crippen LogP contribution in [0.15, 0.2) is 309 Å². The molecule has 17 nitrogen and oxygen atoms in total. The molecule has 29 N–H and O–H groups in total. The zero-order valence-corrected chi connectivity index (χ0v) is 65.7. The van der Waals surface area contributed by atoms with E-state index in [-0.39, 0.29) is 17.3 Å². The van der Waals surface area contributed by atoms with Gasteiger partial charge in [0.05, 0.1) is 5.56 Å². The highest BCUT2D eigenvalue weighted by Crippen LogP contribution is 2.36. The summed E-state index contributed by atoms with van der Waals surface area (Å²) in [6, 6.07) is 98.6. The maximum absolute atomic E-state index is 12.2. The van der Waals surface area contributed by atoms with Crippen LogP contribution in [0.25, 0.3) is 11.1 Å². The van der Waals surface area contributed by atoms with Crippen LogP contribution in [0.5, 0.6) is 11.5 Å². The molecule has 0 heterocycles. The summed E-state index contributed by atoms with van der Waals surface area (Å²) in [7, 11) is -2.46. The topological polar surface area (TPSA) is 403 Å². The van der Waals surface area contributed by atoms with Crippen molar-refractivity contribution in [2.75, 3.05) is 85.6 Å². The molecule has 14 aromatic carbocycles. The number of aryl methyl sites for hydroxylation is 5. The summed E-state index contributed by atoms with van der Waals surface area (Å²) in [6.07, 6.45) is -3.52.